The van der Waals surface area contributed by atoms with Gasteiger partial charge >= 0.3 is 0 Å². The third kappa shape index (κ3) is 4.40. The number of nitrogens with zero attached hydrogens (tertiary/aromatic N) is 2. The second kappa shape index (κ2) is 8.15. The zero-order valence-corrected chi connectivity index (χ0v) is 19.8. The molecular weight excluding hydrogens is 454 g/mol. The SMILES string of the molecule is CC1=NC2=C(C(=O)CC(C)(C)C2)[C@H](c2cccc(Br)c2)C1C(=O)Nc1cc(C)ccn1. The second-order valence-electron chi connectivity index (χ2n) is 9.27. The van der Waals surface area contributed by atoms with E-state index in [2.05, 4.69) is 40.1 Å². The van der Waals surface area contributed by atoms with E-state index in [1.165, 1.54) is 0 Å². The second-order valence-corrected chi connectivity index (χ2v) is 10.2. The van der Waals surface area contributed by atoms with Crippen LogP contribution in [0.3, 0.4) is 0 Å². The Hall–Kier alpha value is -2.60. The Morgan fingerprint density at radius 2 is 1.94 bits per heavy atom. The number of pyridine rings is 1. The van der Waals surface area contributed by atoms with E-state index in [1.54, 1.807) is 6.20 Å². The third-order valence-electron chi connectivity index (χ3n) is 5.96. The highest BCUT2D eigenvalue weighted by Gasteiger charge is 2.45. The molecule has 1 aliphatic carbocycles. The number of aryl methyl sites for hydroxylation is 1. The number of anilines is 1. The van der Waals surface area contributed by atoms with Crippen LogP contribution in [-0.2, 0) is 9.59 Å². The number of nitrogens with one attached hydrogen (secondary N) is 1. The van der Waals surface area contributed by atoms with Crippen molar-refractivity contribution in [2.45, 2.75) is 46.5 Å². The summed E-state index contributed by atoms with van der Waals surface area (Å²) in [4.78, 5) is 35.9. The first-order chi connectivity index (χ1) is 14.6. The Bertz CT molecular complexity index is 1130. The lowest BCUT2D eigenvalue weighted by molar-refractivity contribution is -0.119. The van der Waals surface area contributed by atoms with Crippen LogP contribution in [0.25, 0.3) is 0 Å². The molecule has 2 heterocycles. The van der Waals surface area contributed by atoms with Crippen LogP contribution in [0.4, 0.5) is 5.82 Å². The summed E-state index contributed by atoms with van der Waals surface area (Å²) in [6.45, 7) is 8.02. The van der Waals surface area contributed by atoms with Gasteiger partial charge in [0, 0.05) is 40.0 Å². The van der Waals surface area contributed by atoms with Gasteiger partial charge in [0.2, 0.25) is 5.91 Å². The molecule has 4 rings (SSSR count). The molecule has 0 saturated heterocycles. The number of allylic oxidation sites excluding steroid dienone is 2. The fourth-order valence-electron chi connectivity index (χ4n) is 4.65. The molecule has 0 saturated carbocycles. The molecule has 1 amide bonds. The summed E-state index contributed by atoms with van der Waals surface area (Å²) in [5, 5.41) is 2.95. The van der Waals surface area contributed by atoms with E-state index in [0.717, 1.165) is 33.4 Å². The summed E-state index contributed by atoms with van der Waals surface area (Å²) in [7, 11) is 0. The number of carbonyl (C=O) groups is 2. The minimum absolute atomic E-state index is 0.0824. The van der Waals surface area contributed by atoms with Crippen molar-refractivity contribution < 1.29 is 9.59 Å². The standard InChI is InChI=1S/C25H26BrN3O2/c1-14-8-9-27-20(10-14)29-24(31)21-15(2)28-18-12-25(3,4)13-19(30)23(18)22(21)16-6-5-7-17(26)11-16/h5-11,21-22H,12-13H2,1-4H3,(H,27,29,31)/t21?,22-/m1/s1. The zero-order chi connectivity index (χ0) is 22.3. The summed E-state index contributed by atoms with van der Waals surface area (Å²) in [6.07, 6.45) is 2.86. The topological polar surface area (TPSA) is 71.4 Å². The van der Waals surface area contributed by atoms with Crippen molar-refractivity contribution in [1.82, 2.24) is 4.98 Å². The van der Waals surface area contributed by atoms with Gasteiger partial charge in [-0.15, -0.1) is 0 Å². The molecule has 1 aromatic heterocycles. The molecule has 1 N–H and O–H groups in total. The van der Waals surface area contributed by atoms with Gasteiger partial charge in [-0.3, -0.25) is 14.6 Å². The molecule has 0 bridgehead atoms. The lowest BCUT2D eigenvalue weighted by Crippen LogP contribution is -2.41. The fraction of sp³-hybridized carbons (Fsp3) is 0.360. The van der Waals surface area contributed by atoms with Gasteiger partial charge in [-0.05, 0) is 61.1 Å². The number of hydrogen-bond donors (Lipinski definition) is 1. The van der Waals surface area contributed by atoms with E-state index < -0.39 is 5.92 Å². The van der Waals surface area contributed by atoms with Gasteiger partial charge in [0.25, 0.3) is 0 Å². The molecule has 2 aromatic rings. The molecule has 0 spiro atoms. The average Bonchev–Trinajstić information content (AvgIpc) is 2.65. The minimum atomic E-state index is -0.583. The summed E-state index contributed by atoms with van der Waals surface area (Å²) in [5.41, 5.74) is 4.03. The molecule has 1 unspecified atom stereocenters. The largest absolute Gasteiger partial charge is 0.310 e. The predicted octanol–water partition coefficient (Wildman–Crippen LogP) is 5.61. The highest BCUT2D eigenvalue weighted by molar-refractivity contribution is 9.10. The van der Waals surface area contributed by atoms with E-state index in [1.807, 2.05) is 50.2 Å². The Morgan fingerprint density at radius 3 is 2.65 bits per heavy atom. The van der Waals surface area contributed by atoms with Crippen molar-refractivity contribution in [3.63, 3.8) is 0 Å². The predicted molar refractivity (Wildman–Crippen MR) is 126 cm³/mol. The van der Waals surface area contributed by atoms with Crippen molar-refractivity contribution in [2.75, 3.05) is 5.32 Å². The van der Waals surface area contributed by atoms with Crippen molar-refractivity contribution in [2.24, 2.45) is 16.3 Å². The van der Waals surface area contributed by atoms with Gasteiger partial charge in [0.1, 0.15) is 5.82 Å². The van der Waals surface area contributed by atoms with Crippen LogP contribution in [0, 0.1) is 18.3 Å². The number of aromatic nitrogens is 1. The quantitative estimate of drug-likeness (QED) is 0.621. The maximum atomic E-state index is 13.5. The van der Waals surface area contributed by atoms with Crippen LogP contribution in [0.15, 0.2) is 63.3 Å². The van der Waals surface area contributed by atoms with E-state index in [-0.39, 0.29) is 23.0 Å². The Balaban J connectivity index is 1.80. The number of ketones is 1. The maximum Gasteiger partial charge on any atom is 0.235 e. The lowest BCUT2D eigenvalue weighted by atomic mass is 9.66. The van der Waals surface area contributed by atoms with Crippen molar-refractivity contribution in [3.05, 3.63) is 69.5 Å². The van der Waals surface area contributed by atoms with E-state index in [0.29, 0.717) is 17.8 Å². The van der Waals surface area contributed by atoms with Gasteiger partial charge in [0.15, 0.2) is 5.78 Å². The Kier molecular flexibility index (Phi) is 5.69. The number of rotatable bonds is 3. The van der Waals surface area contributed by atoms with Crippen molar-refractivity contribution >= 4 is 39.1 Å². The lowest BCUT2D eigenvalue weighted by Gasteiger charge is -2.39. The molecule has 1 aliphatic heterocycles. The first-order valence-electron chi connectivity index (χ1n) is 10.4. The van der Waals surface area contributed by atoms with Crippen LogP contribution in [0.2, 0.25) is 0 Å². The highest BCUT2D eigenvalue weighted by atomic mass is 79.9. The number of aliphatic imine (C=N–C) groups is 1. The van der Waals surface area contributed by atoms with E-state index in [4.69, 9.17) is 4.99 Å². The van der Waals surface area contributed by atoms with E-state index >= 15 is 0 Å². The summed E-state index contributed by atoms with van der Waals surface area (Å²) in [6, 6.07) is 11.6. The van der Waals surface area contributed by atoms with Crippen LogP contribution in [0.5, 0.6) is 0 Å². The number of hydrogen-bond acceptors (Lipinski definition) is 4. The van der Waals surface area contributed by atoms with E-state index in [9.17, 15) is 9.59 Å². The minimum Gasteiger partial charge on any atom is -0.310 e. The molecule has 1 aromatic carbocycles. The molecule has 0 radical (unpaired) electrons. The number of carbonyl (C=O) groups excluding carboxylic acids is 2. The van der Waals surface area contributed by atoms with Gasteiger partial charge in [-0.25, -0.2) is 4.98 Å². The van der Waals surface area contributed by atoms with Gasteiger partial charge in [0.05, 0.1) is 5.92 Å². The molecule has 5 nitrogen and oxygen atoms in total. The number of amides is 1. The summed E-state index contributed by atoms with van der Waals surface area (Å²) < 4.78 is 0.912. The fourth-order valence-corrected chi connectivity index (χ4v) is 5.07. The van der Waals surface area contributed by atoms with Crippen LogP contribution in [-0.4, -0.2) is 22.4 Å². The molecule has 2 aliphatic rings. The van der Waals surface area contributed by atoms with Gasteiger partial charge < -0.3 is 5.32 Å². The van der Waals surface area contributed by atoms with Crippen molar-refractivity contribution in [1.29, 1.82) is 0 Å². The summed E-state index contributed by atoms with van der Waals surface area (Å²) >= 11 is 3.54. The maximum absolute atomic E-state index is 13.5. The van der Waals surface area contributed by atoms with Crippen LogP contribution >= 0.6 is 15.9 Å². The monoisotopic (exact) mass is 479 g/mol. The molecule has 2 atom stereocenters. The smallest absolute Gasteiger partial charge is 0.235 e. The zero-order valence-electron chi connectivity index (χ0n) is 18.2. The highest BCUT2D eigenvalue weighted by Crippen LogP contribution is 2.48. The van der Waals surface area contributed by atoms with Gasteiger partial charge in [-0.1, -0.05) is 41.9 Å². The summed E-state index contributed by atoms with van der Waals surface area (Å²) in [5.74, 6) is -0.576. The Morgan fingerprint density at radius 1 is 1.16 bits per heavy atom. The normalized spacial score (nSPS) is 22.6. The molecule has 6 heteroatoms. The number of benzene rings is 1. The molecule has 31 heavy (non-hydrogen) atoms. The third-order valence-corrected chi connectivity index (χ3v) is 6.45. The molecule has 0 fully saturated rings. The molecule has 160 valence electrons. The first kappa shape index (κ1) is 21.6. The van der Waals surface area contributed by atoms with Crippen LogP contribution < -0.4 is 5.32 Å². The van der Waals surface area contributed by atoms with Gasteiger partial charge in [-0.2, -0.15) is 0 Å². The number of halogens is 1. The Labute approximate surface area is 191 Å². The average molecular weight is 480 g/mol. The van der Waals surface area contributed by atoms with Crippen molar-refractivity contribution in [3.8, 4) is 0 Å². The number of Topliss-reactive ketones (excluding diaryl/α,β-unsaturated/α-hetero) is 1. The molecular formula is C25H26BrN3O2. The first-order valence-corrected chi connectivity index (χ1v) is 11.2. The van der Waals surface area contributed by atoms with Crippen LogP contribution in [0.1, 0.15) is 50.7 Å².